The average molecular weight is 289 g/mol. The minimum absolute atomic E-state index is 0.0140. The van der Waals surface area contributed by atoms with E-state index in [1.165, 1.54) is 0 Å². The molecule has 2 amide bonds. The minimum atomic E-state index is -0.409. The fraction of sp³-hybridized carbons (Fsp3) is 0.500. The van der Waals surface area contributed by atoms with Gasteiger partial charge in [-0.3, -0.25) is 9.59 Å². The van der Waals surface area contributed by atoms with E-state index in [2.05, 4.69) is 5.32 Å². The summed E-state index contributed by atoms with van der Waals surface area (Å²) >= 11 is 0. The van der Waals surface area contributed by atoms with Crippen LogP contribution in [0.4, 0.5) is 5.69 Å². The molecule has 114 valence electrons. The Balaban J connectivity index is 2.21. The van der Waals surface area contributed by atoms with Crippen molar-refractivity contribution in [3.63, 3.8) is 0 Å². The first-order valence-corrected chi connectivity index (χ1v) is 7.25. The third kappa shape index (κ3) is 3.74. The van der Waals surface area contributed by atoms with Crippen LogP contribution in [0.25, 0.3) is 0 Å². The van der Waals surface area contributed by atoms with Crippen LogP contribution in [0.3, 0.4) is 0 Å². The topological polar surface area (TPSA) is 75.4 Å². The van der Waals surface area contributed by atoms with Gasteiger partial charge in [0.15, 0.2) is 0 Å². The summed E-state index contributed by atoms with van der Waals surface area (Å²) in [6.07, 6.45) is 1.74. The van der Waals surface area contributed by atoms with E-state index in [9.17, 15) is 9.59 Å². The second-order valence-electron chi connectivity index (χ2n) is 6.49. The van der Waals surface area contributed by atoms with Crippen molar-refractivity contribution >= 4 is 17.5 Å². The summed E-state index contributed by atoms with van der Waals surface area (Å²) in [6.45, 7) is 6.99. The van der Waals surface area contributed by atoms with Crippen molar-refractivity contribution in [1.29, 1.82) is 0 Å². The lowest BCUT2D eigenvalue weighted by molar-refractivity contribution is -0.121. The van der Waals surface area contributed by atoms with Gasteiger partial charge in [0, 0.05) is 23.3 Å². The summed E-state index contributed by atoms with van der Waals surface area (Å²) in [5.74, 6) is -0.423. The summed E-state index contributed by atoms with van der Waals surface area (Å²) in [7, 11) is 0. The van der Waals surface area contributed by atoms with E-state index in [0.29, 0.717) is 12.1 Å². The highest BCUT2D eigenvalue weighted by molar-refractivity contribution is 5.96. The SMILES string of the molecule is CC(C)(C)NC(=O)CN1CCCc2c(C(N)=O)cccc21. The molecule has 1 aromatic rings. The molecule has 3 N–H and O–H groups in total. The molecule has 0 unspecified atom stereocenters. The smallest absolute Gasteiger partial charge is 0.249 e. The third-order valence-corrected chi connectivity index (χ3v) is 3.46. The molecule has 0 atom stereocenters. The molecule has 0 aromatic heterocycles. The number of rotatable bonds is 3. The van der Waals surface area contributed by atoms with Gasteiger partial charge in [-0.15, -0.1) is 0 Å². The lowest BCUT2D eigenvalue weighted by Crippen LogP contribution is -2.47. The summed E-state index contributed by atoms with van der Waals surface area (Å²) in [5, 5.41) is 2.96. The zero-order valence-electron chi connectivity index (χ0n) is 12.9. The van der Waals surface area contributed by atoms with Gasteiger partial charge in [-0.05, 0) is 51.3 Å². The zero-order valence-corrected chi connectivity index (χ0v) is 12.9. The predicted molar refractivity (Wildman–Crippen MR) is 83.4 cm³/mol. The van der Waals surface area contributed by atoms with Crippen LogP contribution in [0.15, 0.2) is 18.2 Å². The van der Waals surface area contributed by atoms with Crippen LogP contribution in [0, 0.1) is 0 Å². The molecule has 0 saturated carbocycles. The maximum atomic E-state index is 12.1. The van der Waals surface area contributed by atoms with E-state index in [1.807, 2.05) is 37.8 Å². The first-order chi connectivity index (χ1) is 9.78. The fourth-order valence-corrected chi connectivity index (χ4v) is 2.73. The van der Waals surface area contributed by atoms with Gasteiger partial charge in [-0.2, -0.15) is 0 Å². The lowest BCUT2D eigenvalue weighted by Gasteiger charge is -2.32. The van der Waals surface area contributed by atoms with Crippen LogP contribution in [0.2, 0.25) is 0 Å². The van der Waals surface area contributed by atoms with E-state index >= 15 is 0 Å². The Morgan fingerprint density at radius 2 is 2.05 bits per heavy atom. The number of fused-ring (bicyclic) bond motifs is 1. The van der Waals surface area contributed by atoms with Gasteiger partial charge in [-0.25, -0.2) is 0 Å². The average Bonchev–Trinajstić information content (AvgIpc) is 2.36. The number of nitrogens with zero attached hydrogens (tertiary/aromatic N) is 1. The monoisotopic (exact) mass is 289 g/mol. The molecule has 0 aliphatic carbocycles. The zero-order chi connectivity index (χ0) is 15.6. The Labute approximate surface area is 125 Å². The van der Waals surface area contributed by atoms with Gasteiger partial charge in [0.2, 0.25) is 11.8 Å². The molecule has 0 radical (unpaired) electrons. The number of carbonyl (C=O) groups excluding carboxylic acids is 2. The number of hydrogen-bond acceptors (Lipinski definition) is 3. The molecule has 0 saturated heterocycles. The number of anilines is 1. The van der Waals surface area contributed by atoms with Crippen molar-refractivity contribution in [3.8, 4) is 0 Å². The fourth-order valence-electron chi connectivity index (χ4n) is 2.73. The van der Waals surface area contributed by atoms with Crippen LogP contribution in [-0.4, -0.2) is 30.4 Å². The molecule has 0 spiro atoms. The Morgan fingerprint density at radius 1 is 1.33 bits per heavy atom. The molecule has 2 rings (SSSR count). The van der Waals surface area contributed by atoms with Gasteiger partial charge >= 0.3 is 0 Å². The van der Waals surface area contributed by atoms with E-state index in [4.69, 9.17) is 5.73 Å². The highest BCUT2D eigenvalue weighted by atomic mass is 16.2. The number of nitrogens with two attached hydrogens (primary N) is 1. The third-order valence-electron chi connectivity index (χ3n) is 3.46. The molecule has 0 bridgehead atoms. The number of carbonyl (C=O) groups is 2. The highest BCUT2D eigenvalue weighted by Gasteiger charge is 2.23. The number of hydrogen-bond donors (Lipinski definition) is 2. The van der Waals surface area contributed by atoms with E-state index in [1.54, 1.807) is 6.07 Å². The summed E-state index contributed by atoms with van der Waals surface area (Å²) < 4.78 is 0. The van der Waals surface area contributed by atoms with Crippen LogP contribution in [0.5, 0.6) is 0 Å². The summed E-state index contributed by atoms with van der Waals surface area (Å²) in [4.78, 5) is 25.6. The van der Waals surface area contributed by atoms with E-state index in [0.717, 1.165) is 30.6 Å². The Bertz CT molecular complexity index is 561. The molecule has 1 aromatic carbocycles. The second-order valence-corrected chi connectivity index (χ2v) is 6.49. The molecule has 5 nitrogen and oxygen atoms in total. The lowest BCUT2D eigenvalue weighted by atomic mass is 9.96. The quantitative estimate of drug-likeness (QED) is 0.884. The first kappa shape index (κ1) is 15.4. The van der Waals surface area contributed by atoms with E-state index in [-0.39, 0.29) is 11.4 Å². The number of nitrogens with one attached hydrogen (secondary N) is 1. The van der Waals surface area contributed by atoms with Crippen molar-refractivity contribution in [3.05, 3.63) is 29.3 Å². The van der Waals surface area contributed by atoms with Gasteiger partial charge in [0.1, 0.15) is 0 Å². The molecular weight excluding hydrogens is 266 g/mol. The summed E-state index contributed by atoms with van der Waals surface area (Å²) in [6, 6.07) is 5.52. The van der Waals surface area contributed by atoms with E-state index < -0.39 is 5.91 Å². The van der Waals surface area contributed by atoms with Crippen molar-refractivity contribution < 1.29 is 9.59 Å². The normalized spacial score (nSPS) is 14.5. The molecule has 0 fully saturated rings. The van der Waals surface area contributed by atoms with Crippen molar-refractivity contribution in [2.45, 2.75) is 39.2 Å². The minimum Gasteiger partial charge on any atom is -0.366 e. The van der Waals surface area contributed by atoms with Crippen molar-refractivity contribution in [2.24, 2.45) is 5.73 Å². The molecule has 5 heteroatoms. The van der Waals surface area contributed by atoms with Gasteiger partial charge in [-0.1, -0.05) is 6.07 Å². The molecule has 1 aliphatic heterocycles. The predicted octanol–water partition coefficient (Wildman–Crippen LogP) is 1.45. The molecule has 1 aliphatic rings. The standard InChI is InChI=1S/C16H23N3O2/c1-16(2,3)18-14(20)10-19-9-5-7-11-12(15(17)21)6-4-8-13(11)19/h4,6,8H,5,7,9-10H2,1-3H3,(H2,17,21)(H,18,20). The molecule has 21 heavy (non-hydrogen) atoms. The van der Waals surface area contributed by atoms with Crippen LogP contribution < -0.4 is 16.0 Å². The van der Waals surface area contributed by atoms with Gasteiger partial charge < -0.3 is 16.0 Å². The number of benzene rings is 1. The Morgan fingerprint density at radius 3 is 2.67 bits per heavy atom. The Hall–Kier alpha value is -2.04. The van der Waals surface area contributed by atoms with Crippen LogP contribution >= 0.6 is 0 Å². The number of amides is 2. The number of primary amides is 1. The molecule has 1 heterocycles. The summed E-state index contributed by atoms with van der Waals surface area (Å²) in [5.41, 5.74) is 7.65. The van der Waals surface area contributed by atoms with Crippen molar-refractivity contribution in [2.75, 3.05) is 18.0 Å². The maximum Gasteiger partial charge on any atom is 0.249 e. The van der Waals surface area contributed by atoms with Gasteiger partial charge in [0.25, 0.3) is 0 Å². The Kier molecular flexibility index (Phi) is 4.21. The van der Waals surface area contributed by atoms with Crippen molar-refractivity contribution in [1.82, 2.24) is 5.32 Å². The van der Waals surface area contributed by atoms with Crippen LogP contribution in [-0.2, 0) is 11.2 Å². The molecular formula is C16H23N3O2. The first-order valence-electron chi connectivity index (χ1n) is 7.25. The van der Waals surface area contributed by atoms with Gasteiger partial charge in [0.05, 0.1) is 6.54 Å². The van der Waals surface area contributed by atoms with Crippen LogP contribution in [0.1, 0.15) is 43.1 Å². The highest BCUT2D eigenvalue weighted by Crippen LogP contribution is 2.29. The maximum absolute atomic E-state index is 12.1. The largest absolute Gasteiger partial charge is 0.366 e. The second kappa shape index (κ2) is 5.76.